The molecule has 0 spiro atoms. The zero-order valence-electron chi connectivity index (χ0n) is 15.4. The molecular formula is C19H23N7. The highest BCUT2D eigenvalue weighted by Crippen LogP contribution is 2.26. The van der Waals surface area contributed by atoms with Crippen molar-refractivity contribution in [2.75, 3.05) is 55.0 Å². The molecule has 0 N–H and O–H groups in total. The Bertz CT molecular complexity index is 917. The lowest BCUT2D eigenvalue weighted by molar-refractivity contribution is 0.633. The average molecular weight is 349 g/mol. The molecule has 1 fully saturated rings. The van der Waals surface area contributed by atoms with Gasteiger partial charge in [0.15, 0.2) is 0 Å². The smallest absolute Gasteiger partial charge is 0.228 e. The lowest BCUT2D eigenvalue weighted by atomic mass is 10.2. The van der Waals surface area contributed by atoms with E-state index in [9.17, 15) is 0 Å². The summed E-state index contributed by atoms with van der Waals surface area (Å²) >= 11 is 0. The maximum atomic E-state index is 4.83. The van der Waals surface area contributed by atoms with Crippen molar-refractivity contribution in [1.29, 1.82) is 0 Å². The summed E-state index contributed by atoms with van der Waals surface area (Å²) in [6.07, 6.45) is 3.49. The first-order valence-electron chi connectivity index (χ1n) is 8.85. The van der Waals surface area contributed by atoms with Crippen molar-refractivity contribution in [2.45, 2.75) is 6.92 Å². The average Bonchev–Trinajstić information content (AvgIpc) is 2.67. The lowest BCUT2D eigenvalue weighted by Crippen LogP contribution is -2.47. The number of fused-ring (bicyclic) bond motifs is 1. The predicted molar refractivity (Wildman–Crippen MR) is 105 cm³/mol. The Hall–Kier alpha value is -2.96. The number of aromatic nitrogens is 4. The fourth-order valence-corrected chi connectivity index (χ4v) is 3.36. The molecule has 0 amide bonds. The van der Waals surface area contributed by atoms with Crippen molar-refractivity contribution in [3.63, 3.8) is 0 Å². The van der Waals surface area contributed by atoms with Crippen molar-refractivity contribution in [1.82, 2.24) is 19.9 Å². The van der Waals surface area contributed by atoms with Crippen LogP contribution in [-0.4, -0.2) is 60.2 Å². The molecule has 1 saturated heterocycles. The Kier molecular flexibility index (Phi) is 4.28. The molecule has 26 heavy (non-hydrogen) atoms. The number of hydrogen-bond acceptors (Lipinski definition) is 7. The van der Waals surface area contributed by atoms with Gasteiger partial charge in [0.2, 0.25) is 5.95 Å². The number of anilines is 3. The van der Waals surface area contributed by atoms with Crippen LogP contribution in [0.4, 0.5) is 17.6 Å². The Morgan fingerprint density at radius 3 is 2.31 bits per heavy atom. The van der Waals surface area contributed by atoms with Gasteiger partial charge < -0.3 is 14.7 Å². The lowest BCUT2D eigenvalue weighted by Gasteiger charge is -2.36. The molecule has 1 aliphatic rings. The van der Waals surface area contributed by atoms with Crippen LogP contribution in [0.1, 0.15) is 5.69 Å². The van der Waals surface area contributed by atoms with Crippen LogP contribution in [0.15, 0.2) is 36.7 Å². The van der Waals surface area contributed by atoms with E-state index < -0.39 is 0 Å². The van der Waals surface area contributed by atoms with Gasteiger partial charge in [0.1, 0.15) is 11.6 Å². The van der Waals surface area contributed by atoms with E-state index >= 15 is 0 Å². The number of piperazine rings is 1. The summed E-state index contributed by atoms with van der Waals surface area (Å²) in [6.45, 7) is 5.49. The van der Waals surface area contributed by atoms with Crippen molar-refractivity contribution in [3.05, 3.63) is 42.4 Å². The summed E-state index contributed by atoms with van der Waals surface area (Å²) in [5.74, 6) is 2.72. The number of para-hydroxylation sites is 1. The Labute approximate surface area is 153 Å². The standard InChI is InChI=1S/C19H23N7/c1-14-17(21-9-8-20-14)25-10-12-26(13-11-25)19-22-16-7-5-4-6-15(16)18(23-19)24(2)3/h4-9H,10-13H2,1-3H3. The van der Waals surface area contributed by atoms with Gasteiger partial charge >= 0.3 is 0 Å². The number of hydrogen-bond donors (Lipinski definition) is 0. The predicted octanol–water partition coefficient (Wildman–Crippen LogP) is 2.12. The minimum Gasteiger partial charge on any atom is -0.362 e. The van der Waals surface area contributed by atoms with Crippen LogP contribution in [-0.2, 0) is 0 Å². The molecule has 0 unspecified atom stereocenters. The summed E-state index contributed by atoms with van der Waals surface area (Å²) in [6, 6.07) is 8.17. The topological polar surface area (TPSA) is 61.3 Å². The van der Waals surface area contributed by atoms with E-state index in [1.165, 1.54) is 0 Å². The highest BCUT2D eigenvalue weighted by atomic mass is 15.3. The van der Waals surface area contributed by atoms with Gasteiger partial charge in [-0.05, 0) is 19.1 Å². The van der Waals surface area contributed by atoms with Crippen LogP contribution >= 0.6 is 0 Å². The van der Waals surface area contributed by atoms with Gasteiger partial charge in [0.25, 0.3) is 0 Å². The summed E-state index contributed by atoms with van der Waals surface area (Å²) in [4.78, 5) is 25.1. The number of rotatable bonds is 3. The number of benzene rings is 1. The molecule has 2 aromatic heterocycles. The molecule has 134 valence electrons. The molecule has 7 nitrogen and oxygen atoms in total. The maximum absolute atomic E-state index is 4.83. The van der Waals surface area contributed by atoms with Gasteiger partial charge in [-0.3, -0.25) is 4.98 Å². The third-order valence-corrected chi connectivity index (χ3v) is 4.71. The van der Waals surface area contributed by atoms with Crippen LogP contribution in [0.5, 0.6) is 0 Å². The SMILES string of the molecule is Cc1nccnc1N1CCN(c2nc(N(C)C)c3ccccc3n2)CC1. The zero-order valence-corrected chi connectivity index (χ0v) is 15.4. The molecule has 0 atom stereocenters. The second-order valence-corrected chi connectivity index (χ2v) is 6.70. The summed E-state index contributed by atoms with van der Waals surface area (Å²) in [5, 5.41) is 1.08. The highest BCUT2D eigenvalue weighted by Gasteiger charge is 2.22. The first-order valence-corrected chi connectivity index (χ1v) is 8.85. The van der Waals surface area contributed by atoms with Gasteiger partial charge in [0, 0.05) is 58.1 Å². The van der Waals surface area contributed by atoms with Crippen LogP contribution in [0.25, 0.3) is 10.9 Å². The van der Waals surface area contributed by atoms with E-state index in [4.69, 9.17) is 9.97 Å². The van der Waals surface area contributed by atoms with Crippen molar-refractivity contribution >= 4 is 28.5 Å². The summed E-state index contributed by atoms with van der Waals surface area (Å²) in [7, 11) is 4.04. The minimum atomic E-state index is 0.794. The molecule has 0 saturated carbocycles. The molecule has 3 aromatic rings. The molecule has 7 heteroatoms. The number of nitrogens with zero attached hydrogens (tertiary/aromatic N) is 7. The van der Waals surface area contributed by atoms with Crippen LogP contribution in [0.3, 0.4) is 0 Å². The van der Waals surface area contributed by atoms with Gasteiger partial charge in [0.05, 0.1) is 11.2 Å². The normalized spacial score (nSPS) is 14.7. The van der Waals surface area contributed by atoms with Crippen LogP contribution in [0, 0.1) is 6.92 Å². The molecular weight excluding hydrogens is 326 g/mol. The van der Waals surface area contributed by atoms with E-state index in [1.54, 1.807) is 12.4 Å². The summed E-state index contributed by atoms with van der Waals surface area (Å²) in [5.41, 5.74) is 1.95. The van der Waals surface area contributed by atoms with E-state index in [0.717, 1.165) is 60.4 Å². The van der Waals surface area contributed by atoms with E-state index in [0.29, 0.717) is 0 Å². The second kappa shape index (κ2) is 6.74. The van der Waals surface area contributed by atoms with Gasteiger partial charge in [-0.25, -0.2) is 9.97 Å². The Morgan fingerprint density at radius 1 is 0.885 bits per heavy atom. The first-order chi connectivity index (χ1) is 12.6. The minimum absolute atomic E-state index is 0.794. The highest BCUT2D eigenvalue weighted by molar-refractivity contribution is 5.90. The maximum Gasteiger partial charge on any atom is 0.228 e. The number of aryl methyl sites for hydroxylation is 1. The van der Waals surface area contributed by atoms with Crippen molar-refractivity contribution in [2.24, 2.45) is 0 Å². The Morgan fingerprint density at radius 2 is 1.58 bits per heavy atom. The van der Waals surface area contributed by atoms with Crippen molar-refractivity contribution < 1.29 is 0 Å². The van der Waals surface area contributed by atoms with Gasteiger partial charge in [-0.2, -0.15) is 4.98 Å². The largest absolute Gasteiger partial charge is 0.362 e. The summed E-state index contributed by atoms with van der Waals surface area (Å²) < 4.78 is 0. The quantitative estimate of drug-likeness (QED) is 0.718. The molecule has 0 radical (unpaired) electrons. The first kappa shape index (κ1) is 16.5. The molecule has 1 aromatic carbocycles. The van der Waals surface area contributed by atoms with E-state index in [2.05, 4.69) is 25.8 Å². The third-order valence-electron chi connectivity index (χ3n) is 4.71. The third kappa shape index (κ3) is 3.00. The van der Waals surface area contributed by atoms with E-state index in [1.807, 2.05) is 44.1 Å². The fraction of sp³-hybridized carbons (Fsp3) is 0.368. The fourth-order valence-electron chi connectivity index (χ4n) is 3.36. The van der Waals surface area contributed by atoms with Crippen molar-refractivity contribution in [3.8, 4) is 0 Å². The molecule has 4 rings (SSSR count). The van der Waals surface area contributed by atoms with Gasteiger partial charge in [-0.15, -0.1) is 0 Å². The Balaban J connectivity index is 1.59. The van der Waals surface area contributed by atoms with E-state index in [-0.39, 0.29) is 0 Å². The molecule has 0 bridgehead atoms. The zero-order chi connectivity index (χ0) is 18.1. The van der Waals surface area contributed by atoms with Crippen LogP contribution < -0.4 is 14.7 Å². The second-order valence-electron chi connectivity index (χ2n) is 6.70. The monoisotopic (exact) mass is 349 g/mol. The van der Waals surface area contributed by atoms with Crippen LogP contribution in [0.2, 0.25) is 0 Å². The molecule has 1 aliphatic heterocycles. The molecule has 3 heterocycles. The molecule has 0 aliphatic carbocycles. The van der Waals surface area contributed by atoms with Gasteiger partial charge in [-0.1, -0.05) is 12.1 Å².